The van der Waals surface area contributed by atoms with Crippen molar-refractivity contribution in [3.63, 3.8) is 0 Å². The van der Waals surface area contributed by atoms with E-state index in [-0.39, 0.29) is 0 Å². The first kappa shape index (κ1) is 26.4. The number of aliphatic hydroxyl groups excluding tert-OH is 1. The molecule has 168 valence electrons. The molecule has 1 aliphatic heterocycles. The molecule has 0 radical (unpaired) electrons. The summed E-state index contributed by atoms with van der Waals surface area (Å²) < 4.78 is 65.8. The van der Waals surface area contributed by atoms with E-state index in [0.29, 0.717) is 0 Å². The van der Waals surface area contributed by atoms with Crippen molar-refractivity contribution in [2.75, 3.05) is 6.61 Å². The average Bonchev–Trinajstić information content (AvgIpc) is 2.39. The van der Waals surface area contributed by atoms with Crippen LogP contribution in [0, 0.1) is 0 Å². The first-order valence-electron chi connectivity index (χ1n) is 6.53. The maximum atomic E-state index is 11.2. The Balaban J connectivity index is 3.48. The lowest BCUT2D eigenvalue weighted by Crippen LogP contribution is -2.60. The van der Waals surface area contributed by atoms with E-state index in [4.69, 9.17) is 43.9 Å². The van der Waals surface area contributed by atoms with Gasteiger partial charge in [0.2, 0.25) is 0 Å². The Morgan fingerprint density at radius 3 is 1.32 bits per heavy atom. The molecule has 1 rings (SSSR count). The van der Waals surface area contributed by atoms with Crippen LogP contribution in [0.15, 0.2) is 0 Å². The van der Waals surface area contributed by atoms with Crippen molar-refractivity contribution in [2.45, 2.75) is 30.7 Å². The summed E-state index contributed by atoms with van der Waals surface area (Å²) >= 11 is 0. The molecule has 0 aromatic rings. The van der Waals surface area contributed by atoms with E-state index in [9.17, 15) is 23.4 Å². The van der Waals surface area contributed by atoms with Crippen molar-refractivity contribution in [3.8, 4) is 0 Å². The third-order valence-electron chi connectivity index (χ3n) is 2.79. The van der Waals surface area contributed by atoms with Gasteiger partial charge in [0.1, 0.15) is 18.3 Å². The quantitative estimate of drug-likeness (QED) is 0.145. The zero-order chi connectivity index (χ0) is 22.1. The van der Waals surface area contributed by atoms with E-state index in [1.807, 2.05) is 0 Å². The molecule has 9 N–H and O–H groups in total. The normalized spacial score (nSPS) is 30.4. The van der Waals surface area contributed by atoms with Gasteiger partial charge >= 0.3 is 31.3 Å². The van der Waals surface area contributed by atoms with E-state index in [1.54, 1.807) is 0 Å². The smallest absolute Gasteiger partial charge is 0.394 e. The third-order valence-corrected chi connectivity index (χ3v) is 4.83. The fourth-order valence-corrected chi connectivity index (χ4v) is 4.19. The molecule has 0 aromatic carbocycles. The van der Waals surface area contributed by atoms with Crippen LogP contribution in [0.5, 0.6) is 0 Å². The summed E-state index contributed by atoms with van der Waals surface area (Å²) in [7, 11) is -22.2. The second-order valence-corrected chi connectivity index (χ2v) is 9.77. The fraction of sp³-hybridized carbons (Fsp3) is 1.00. The fourth-order valence-electron chi connectivity index (χ4n) is 2.08. The summed E-state index contributed by atoms with van der Waals surface area (Å²) in [6, 6.07) is 0. The van der Waals surface area contributed by atoms with Crippen LogP contribution in [0.4, 0.5) is 0 Å². The number of phosphoric ester groups is 4. The molecule has 28 heavy (non-hydrogen) atoms. The summed E-state index contributed by atoms with van der Waals surface area (Å²) in [5, 5.41) is 9.26. The summed E-state index contributed by atoms with van der Waals surface area (Å²) in [5.74, 6) is 0. The summed E-state index contributed by atoms with van der Waals surface area (Å²) in [5.41, 5.74) is 0. The Labute approximate surface area is 154 Å². The first-order valence-corrected chi connectivity index (χ1v) is 12.7. The van der Waals surface area contributed by atoms with Gasteiger partial charge in [-0.2, -0.15) is 0 Å². The molecule has 0 bridgehead atoms. The van der Waals surface area contributed by atoms with Gasteiger partial charge in [0.05, 0.1) is 6.61 Å². The Kier molecular flexibility index (Phi) is 8.71. The van der Waals surface area contributed by atoms with Crippen LogP contribution >= 0.6 is 31.3 Å². The molecular weight excluding hydrogens is 484 g/mol. The van der Waals surface area contributed by atoms with Crippen LogP contribution in [0.3, 0.4) is 0 Å². The monoisotopic (exact) mass is 500 g/mol. The van der Waals surface area contributed by atoms with Gasteiger partial charge in [-0.25, -0.2) is 18.3 Å². The Morgan fingerprint density at radius 1 is 0.607 bits per heavy atom. The molecule has 0 unspecified atom stereocenters. The van der Waals surface area contributed by atoms with Crippen LogP contribution in [0.25, 0.3) is 0 Å². The molecular formula is C6H16O18P4. The molecule has 0 spiro atoms. The van der Waals surface area contributed by atoms with E-state index in [2.05, 4.69) is 18.1 Å². The zero-order valence-electron chi connectivity index (χ0n) is 13.1. The Bertz CT molecular complexity index is 712. The van der Waals surface area contributed by atoms with Crippen molar-refractivity contribution >= 4 is 31.3 Å². The molecule has 0 amide bonds. The second-order valence-electron chi connectivity index (χ2n) is 5.00. The molecule has 5 atom stereocenters. The lowest BCUT2D eigenvalue weighted by atomic mass is 9.99. The molecule has 0 saturated carbocycles. The van der Waals surface area contributed by atoms with Gasteiger partial charge in [-0.1, -0.05) is 0 Å². The predicted octanol–water partition coefficient (Wildman–Crippen LogP) is -2.75. The first-order chi connectivity index (χ1) is 12.3. The highest BCUT2D eigenvalue weighted by Gasteiger charge is 2.55. The van der Waals surface area contributed by atoms with Crippen molar-refractivity contribution in [1.29, 1.82) is 0 Å². The number of hydrogen-bond donors (Lipinski definition) is 9. The maximum Gasteiger partial charge on any atom is 0.472 e. The van der Waals surface area contributed by atoms with Gasteiger partial charge < -0.3 is 49.0 Å². The molecule has 1 aliphatic rings. The van der Waals surface area contributed by atoms with Crippen LogP contribution < -0.4 is 0 Å². The van der Waals surface area contributed by atoms with E-state index in [0.717, 1.165) is 0 Å². The van der Waals surface area contributed by atoms with Gasteiger partial charge in [-0.05, 0) is 0 Å². The minimum atomic E-state index is -5.61. The Hall–Kier alpha value is 0.360. The maximum absolute atomic E-state index is 11.2. The molecule has 1 fully saturated rings. The van der Waals surface area contributed by atoms with Crippen molar-refractivity contribution < 1.29 is 85.3 Å². The van der Waals surface area contributed by atoms with Gasteiger partial charge in [0, 0.05) is 0 Å². The molecule has 18 nitrogen and oxygen atoms in total. The van der Waals surface area contributed by atoms with E-state index < -0.39 is 68.6 Å². The van der Waals surface area contributed by atoms with Crippen LogP contribution in [-0.4, -0.2) is 81.6 Å². The molecule has 22 heteroatoms. The molecule has 1 saturated heterocycles. The number of hydrogen-bond acceptors (Lipinski definition) is 10. The number of aliphatic hydroxyl groups is 1. The predicted molar refractivity (Wildman–Crippen MR) is 79.6 cm³/mol. The minimum Gasteiger partial charge on any atom is -0.394 e. The largest absolute Gasteiger partial charge is 0.472 e. The number of phosphoric acid groups is 4. The Morgan fingerprint density at radius 2 is 0.964 bits per heavy atom. The lowest BCUT2D eigenvalue weighted by Gasteiger charge is -2.44. The molecule has 0 aromatic heterocycles. The summed E-state index contributed by atoms with van der Waals surface area (Å²) in [6.45, 7) is -1.24. The highest BCUT2D eigenvalue weighted by Crippen LogP contribution is 2.52. The van der Waals surface area contributed by atoms with Crippen LogP contribution in [0.2, 0.25) is 0 Å². The second kappa shape index (κ2) is 9.24. The van der Waals surface area contributed by atoms with Crippen molar-refractivity contribution in [3.05, 3.63) is 0 Å². The van der Waals surface area contributed by atoms with Crippen molar-refractivity contribution in [2.24, 2.45) is 0 Å². The van der Waals surface area contributed by atoms with Crippen LogP contribution in [0.1, 0.15) is 0 Å². The van der Waals surface area contributed by atoms with Gasteiger partial charge in [-0.3, -0.25) is 18.1 Å². The van der Waals surface area contributed by atoms with Crippen molar-refractivity contribution in [1.82, 2.24) is 0 Å². The zero-order valence-corrected chi connectivity index (χ0v) is 16.7. The molecule has 1 heterocycles. The van der Waals surface area contributed by atoms with Crippen LogP contribution in [-0.2, 0) is 41.1 Å². The summed E-state index contributed by atoms with van der Waals surface area (Å²) in [4.78, 5) is 71.4. The molecule has 0 aliphatic carbocycles. The van der Waals surface area contributed by atoms with E-state index in [1.165, 1.54) is 0 Å². The topological polar surface area (TPSA) is 296 Å². The highest BCUT2D eigenvalue weighted by molar-refractivity contribution is 7.47. The number of ether oxygens (including phenoxy) is 1. The lowest BCUT2D eigenvalue weighted by molar-refractivity contribution is -0.271. The van der Waals surface area contributed by atoms with Gasteiger partial charge in [0.15, 0.2) is 12.4 Å². The van der Waals surface area contributed by atoms with Gasteiger partial charge in [0.25, 0.3) is 0 Å². The minimum absolute atomic E-state index is 1.24. The standard InChI is InChI=1S/C6H16O18P4/c7-1-2-3(21-25(8,9)10)4(22-26(11,12)13)5(23-27(14,15)16)6(20-2)24-28(17,18)19/h2-7H,1H2,(H2,8,9,10)(H2,11,12,13)(H2,14,15,16)(H2,17,18,19)/t2-,3-,4+,5-,6+/m1/s1. The van der Waals surface area contributed by atoms with E-state index >= 15 is 0 Å². The highest BCUT2D eigenvalue weighted by atomic mass is 31.2. The SMILES string of the molecule is O=P(O)(O)O[C@@H]1O[C@H](CO)[C@@H](OP(=O)(O)O)[C@H](OP(=O)(O)O)[C@H]1OP(=O)(O)O. The van der Waals surface area contributed by atoms with Gasteiger partial charge in [-0.15, -0.1) is 0 Å². The third kappa shape index (κ3) is 9.45. The average molecular weight is 500 g/mol. The summed E-state index contributed by atoms with van der Waals surface area (Å²) in [6.07, 6.45) is -12.1. The number of rotatable bonds is 9.